The highest BCUT2D eigenvalue weighted by Gasteiger charge is 2.06. The summed E-state index contributed by atoms with van der Waals surface area (Å²) in [6, 6.07) is 4.45. The van der Waals surface area contributed by atoms with Gasteiger partial charge in [0.2, 0.25) is 0 Å². The number of halogens is 2. The van der Waals surface area contributed by atoms with Crippen molar-refractivity contribution in [3.05, 3.63) is 28.5 Å². The summed E-state index contributed by atoms with van der Waals surface area (Å²) in [5.74, 6) is 0.677. The Labute approximate surface area is 104 Å². The quantitative estimate of drug-likeness (QED) is 0.868. The van der Waals surface area contributed by atoms with E-state index in [1.807, 2.05) is 0 Å². The maximum atomic E-state index is 13.0. The maximum Gasteiger partial charge on any atom is 0.136 e. The van der Waals surface area contributed by atoms with Crippen molar-refractivity contribution in [2.45, 2.75) is 13.8 Å². The summed E-state index contributed by atoms with van der Waals surface area (Å²) in [5, 5.41) is 3.24. The van der Waals surface area contributed by atoms with E-state index in [1.165, 1.54) is 12.1 Å². The molecule has 0 saturated carbocycles. The molecular weight excluding hydrogens is 273 g/mol. The summed E-state index contributed by atoms with van der Waals surface area (Å²) in [6.07, 6.45) is 0. The van der Waals surface area contributed by atoms with Crippen molar-refractivity contribution >= 4 is 15.9 Å². The molecule has 0 fully saturated rings. The summed E-state index contributed by atoms with van der Waals surface area (Å²) in [6.45, 7) is 6.60. The van der Waals surface area contributed by atoms with Crippen molar-refractivity contribution in [2.75, 3.05) is 19.7 Å². The molecule has 0 spiro atoms. The molecule has 1 rings (SSSR count). The minimum atomic E-state index is -0.280. The van der Waals surface area contributed by atoms with Crippen LogP contribution in [0.25, 0.3) is 0 Å². The molecule has 0 bridgehead atoms. The predicted octanol–water partition coefficient (Wildman–Crippen LogP) is 3.21. The van der Waals surface area contributed by atoms with Crippen molar-refractivity contribution in [1.82, 2.24) is 5.32 Å². The first kappa shape index (κ1) is 13.5. The summed E-state index contributed by atoms with van der Waals surface area (Å²) in [4.78, 5) is 0. The molecule has 1 aromatic carbocycles. The van der Waals surface area contributed by atoms with Gasteiger partial charge in [-0.25, -0.2) is 4.39 Å². The lowest BCUT2D eigenvalue weighted by Crippen LogP contribution is -2.24. The van der Waals surface area contributed by atoms with Gasteiger partial charge < -0.3 is 10.1 Å². The molecule has 0 aromatic heterocycles. The van der Waals surface area contributed by atoms with Gasteiger partial charge in [0.15, 0.2) is 0 Å². The molecular formula is C12H17BrFNO. The van der Waals surface area contributed by atoms with Gasteiger partial charge in [-0.2, -0.15) is 0 Å². The zero-order chi connectivity index (χ0) is 12.0. The Hall–Kier alpha value is -0.610. The van der Waals surface area contributed by atoms with Crippen molar-refractivity contribution < 1.29 is 9.13 Å². The van der Waals surface area contributed by atoms with Crippen molar-refractivity contribution in [1.29, 1.82) is 0 Å². The van der Waals surface area contributed by atoms with Crippen LogP contribution >= 0.6 is 15.9 Å². The Morgan fingerprint density at radius 1 is 1.50 bits per heavy atom. The van der Waals surface area contributed by atoms with Crippen LogP contribution in [0.3, 0.4) is 0 Å². The smallest absolute Gasteiger partial charge is 0.136 e. The van der Waals surface area contributed by atoms with E-state index >= 15 is 0 Å². The van der Waals surface area contributed by atoms with Gasteiger partial charge in [0.1, 0.15) is 11.6 Å². The topological polar surface area (TPSA) is 21.3 Å². The van der Waals surface area contributed by atoms with Gasteiger partial charge in [-0.05, 0) is 34.6 Å². The van der Waals surface area contributed by atoms with Crippen LogP contribution in [0.1, 0.15) is 13.8 Å². The molecule has 0 aliphatic rings. The average molecular weight is 290 g/mol. The van der Waals surface area contributed by atoms with Crippen LogP contribution in [0.15, 0.2) is 22.7 Å². The number of rotatable bonds is 6. The summed E-state index contributed by atoms with van der Waals surface area (Å²) >= 11 is 3.33. The maximum absolute atomic E-state index is 13.0. The van der Waals surface area contributed by atoms with Gasteiger partial charge in [0, 0.05) is 18.5 Å². The molecule has 0 saturated heterocycles. The van der Waals surface area contributed by atoms with Crippen LogP contribution in [-0.2, 0) is 0 Å². The summed E-state index contributed by atoms with van der Waals surface area (Å²) in [5.41, 5.74) is 0. The first-order chi connectivity index (χ1) is 7.63. The second-order valence-corrected chi connectivity index (χ2v) is 4.65. The zero-order valence-electron chi connectivity index (χ0n) is 9.59. The van der Waals surface area contributed by atoms with Crippen molar-refractivity contribution in [3.63, 3.8) is 0 Å². The first-order valence-corrected chi connectivity index (χ1v) is 6.21. The van der Waals surface area contributed by atoms with E-state index in [0.29, 0.717) is 18.3 Å². The van der Waals surface area contributed by atoms with E-state index < -0.39 is 0 Å². The van der Waals surface area contributed by atoms with E-state index in [9.17, 15) is 4.39 Å². The highest BCUT2D eigenvalue weighted by molar-refractivity contribution is 9.10. The number of benzene rings is 1. The van der Waals surface area contributed by atoms with E-state index in [0.717, 1.165) is 17.6 Å². The van der Waals surface area contributed by atoms with Crippen LogP contribution < -0.4 is 10.1 Å². The predicted molar refractivity (Wildman–Crippen MR) is 67.3 cm³/mol. The molecule has 0 heterocycles. The molecule has 16 heavy (non-hydrogen) atoms. The Balaban J connectivity index is 2.44. The number of hydrogen-bond donors (Lipinski definition) is 1. The Bertz CT molecular complexity index is 333. The molecule has 1 atom stereocenters. The fraction of sp³-hybridized carbons (Fsp3) is 0.500. The number of hydrogen-bond acceptors (Lipinski definition) is 2. The van der Waals surface area contributed by atoms with Gasteiger partial charge in [0.05, 0.1) is 11.1 Å². The number of nitrogens with one attached hydrogen (secondary N) is 1. The molecule has 1 N–H and O–H groups in total. The molecule has 0 radical (unpaired) electrons. The SMILES string of the molecule is CCNCC(C)COc1cc(F)ccc1Br. The summed E-state index contributed by atoms with van der Waals surface area (Å²) in [7, 11) is 0. The van der Waals surface area contributed by atoms with Gasteiger partial charge in [-0.3, -0.25) is 0 Å². The molecule has 1 aromatic rings. The molecule has 1 unspecified atom stereocenters. The third-order valence-corrected chi connectivity index (χ3v) is 2.81. The minimum Gasteiger partial charge on any atom is -0.492 e. The van der Waals surface area contributed by atoms with Crippen LogP contribution in [0, 0.1) is 11.7 Å². The van der Waals surface area contributed by atoms with Gasteiger partial charge >= 0.3 is 0 Å². The molecule has 0 aliphatic carbocycles. The van der Waals surface area contributed by atoms with Crippen LogP contribution in [-0.4, -0.2) is 19.7 Å². The Kier molecular flexibility index (Phi) is 5.77. The van der Waals surface area contributed by atoms with Gasteiger partial charge in [-0.15, -0.1) is 0 Å². The van der Waals surface area contributed by atoms with E-state index in [-0.39, 0.29) is 5.82 Å². The Morgan fingerprint density at radius 2 is 2.25 bits per heavy atom. The van der Waals surface area contributed by atoms with E-state index in [1.54, 1.807) is 6.07 Å². The van der Waals surface area contributed by atoms with E-state index in [2.05, 4.69) is 35.1 Å². The lowest BCUT2D eigenvalue weighted by molar-refractivity contribution is 0.254. The highest BCUT2D eigenvalue weighted by atomic mass is 79.9. The third kappa shape index (κ3) is 4.49. The molecule has 4 heteroatoms. The van der Waals surface area contributed by atoms with Crippen LogP contribution in [0.4, 0.5) is 4.39 Å². The fourth-order valence-electron chi connectivity index (χ4n) is 1.27. The minimum absolute atomic E-state index is 0.280. The standard InChI is InChI=1S/C12H17BrFNO/c1-3-15-7-9(2)8-16-12-6-10(14)4-5-11(12)13/h4-6,9,15H,3,7-8H2,1-2H3. The van der Waals surface area contributed by atoms with E-state index in [4.69, 9.17) is 4.74 Å². The van der Waals surface area contributed by atoms with Gasteiger partial charge in [0.25, 0.3) is 0 Å². The van der Waals surface area contributed by atoms with Crippen LogP contribution in [0.5, 0.6) is 5.75 Å². The second-order valence-electron chi connectivity index (χ2n) is 3.80. The van der Waals surface area contributed by atoms with Crippen LogP contribution in [0.2, 0.25) is 0 Å². The lowest BCUT2D eigenvalue weighted by Gasteiger charge is -2.14. The molecule has 90 valence electrons. The Morgan fingerprint density at radius 3 is 2.94 bits per heavy atom. The first-order valence-electron chi connectivity index (χ1n) is 5.42. The summed E-state index contributed by atoms with van der Waals surface area (Å²) < 4.78 is 19.3. The zero-order valence-corrected chi connectivity index (χ0v) is 11.2. The van der Waals surface area contributed by atoms with Crippen molar-refractivity contribution in [2.24, 2.45) is 5.92 Å². The monoisotopic (exact) mass is 289 g/mol. The molecule has 2 nitrogen and oxygen atoms in total. The highest BCUT2D eigenvalue weighted by Crippen LogP contribution is 2.25. The largest absolute Gasteiger partial charge is 0.492 e. The second kappa shape index (κ2) is 6.86. The molecule has 0 aliphatic heterocycles. The normalized spacial score (nSPS) is 12.5. The molecule has 0 amide bonds. The average Bonchev–Trinajstić information content (AvgIpc) is 2.27. The fourth-order valence-corrected chi connectivity index (χ4v) is 1.63. The lowest BCUT2D eigenvalue weighted by atomic mass is 10.2. The third-order valence-electron chi connectivity index (χ3n) is 2.16. The van der Waals surface area contributed by atoms with Crippen molar-refractivity contribution in [3.8, 4) is 5.75 Å². The number of ether oxygens (including phenoxy) is 1. The van der Waals surface area contributed by atoms with Gasteiger partial charge in [-0.1, -0.05) is 13.8 Å².